The molecule has 0 saturated carbocycles. The van der Waals surface area contributed by atoms with Crippen LogP contribution in [0.2, 0.25) is 0 Å². The van der Waals surface area contributed by atoms with Gasteiger partial charge < -0.3 is 5.11 Å². The normalized spacial score (nSPS) is 8.57. The Bertz CT molecular complexity index is 290. The Morgan fingerprint density at radius 3 is 2.29 bits per heavy atom. The van der Waals surface area contributed by atoms with Crippen LogP contribution in [0.3, 0.4) is 0 Å². The molecule has 0 radical (unpaired) electrons. The predicted octanol–water partition coefficient (Wildman–Crippen LogP) is 0.205. The summed E-state index contributed by atoms with van der Waals surface area (Å²) >= 11 is 0. The van der Waals surface area contributed by atoms with E-state index in [1.54, 1.807) is 0 Å². The van der Waals surface area contributed by atoms with E-state index in [0.717, 1.165) is 6.08 Å². The van der Waals surface area contributed by atoms with Crippen LogP contribution in [0.25, 0.3) is 0 Å². The van der Waals surface area contributed by atoms with Gasteiger partial charge in [0.2, 0.25) is 0 Å². The summed E-state index contributed by atoms with van der Waals surface area (Å²) in [7, 11) is 0. The van der Waals surface area contributed by atoms with Gasteiger partial charge in [-0.2, -0.15) is 0 Å². The molecule has 0 saturated heterocycles. The van der Waals surface area contributed by atoms with Crippen molar-refractivity contribution in [1.29, 1.82) is 0 Å². The van der Waals surface area contributed by atoms with Gasteiger partial charge in [0.05, 0.1) is 6.42 Å². The van der Waals surface area contributed by atoms with Gasteiger partial charge in [-0.15, -0.1) is 0 Å². The van der Waals surface area contributed by atoms with Gasteiger partial charge in [0.1, 0.15) is 0 Å². The molecule has 0 rings (SSSR count). The second-order valence-corrected chi connectivity index (χ2v) is 2.15. The van der Waals surface area contributed by atoms with Crippen LogP contribution in [0.1, 0.15) is 6.42 Å². The highest BCUT2D eigenvalue weighted by atomic mass is 17.2. The molecule has 0 fully saturated rings. The topological polar surface area (TPSA) is 89.9 Å². The summed E-state index contributed by atoms with van der Waals surface area (Å²) in [5.41, 5.74) is -0.357. The Kier molecular flexibility index (Phi) is 4.69. The molecule has 6 heteroatoms. The first-order valence-electron chi connectivity index (χ1n) is 3.42. The quantitative estimate of drug-likeness (QED) is 0.396. The van der Waals surface area contributed by atoms with Gasteiger partial charge in [0.25, 0.3) is 0 Å². The molecule has 0 aromatic carbocycles. The first-order valence-corrected chi connectivity index (χ1v) is 3.42. The lowest BCUT2D eigenvalue weighted by atomic mass is 10.2. The molecule has 0 aromatic heterocycles. The number of rotatable bonds is 4. The van der Waals surface area contributed by atoms with Crippen molar-refractivity contribution in [3.05, 3.63) is 24.8 Å². The lowest BCUT2D eigenvalue weighted by molar-refractivity contribution is -0.254. The molecule has 0 heterocycles. The fraction of sp³-hybridized carbons (Fsp3) is 0.125. The minimum atomic E-state index is -1.32. The molecule has 6 nitrogen and oxygen atoms in total. The molecule has 76 valence electrons. The van der Waals surface area contributed by atoms with E-state index >= 15 is 0 Å². The zero-order valence-corrected chi connectivity index (χ0v) is 7.19. The lowest BCUT2D eigenvalue weighted by Crippen LogP contribution is -2.12. The van der Waals surface area contributed by atoms with E-state index in [1.165, 1.54) is 0 Å². The Hall–Kier alpha value is -2.11. The zero-order valence-electron chi connectivity index (χ0n) is 7.19. The van der Waals surface area contributed by atoms with Crippen LogP contribution in [0.15, 0.2) is 24.8 Å². The maximum atomic E-state index is 10.7. The van der Waals surface area contributed by atoms with Crippen molar-refractivity contribution < 1.29 is 29.3 Å². The van der Waals surface area contributed by atoms with Crippen LogP contribution in [0.4, 0.5) is 0 Å². The van der Waals surface area contributed by atoms with E-state index in [-0.39, 0.29) is 5.57 Å². The van der Waals surface area contributed by atoms with Crippen LogP contribution in [0, 0.1) is 0 Å². The minimum absolute atomic E-state index is 0.357. The fourth-order valence-corrected chi connectivity index (χ4v) is 0.401. The van der Waals surface area contributed by atoms with Crippen LogP contribution in [0.5, 0.6) is 0 Å². The second-order valence-electron chi connectivity index (χ2n) is 2.15. The van der Waals surface area contributed by atoms with E-state index in [4.69, 9.17) is 5.11 Å². The van der Waals surface area contributed by atoms with E-state index in [9.17, 15) is 14.4 Å². The van der Waals surface area contributed by atoms with Gasteiger partial charge in [-0.05, 0) is 0 Å². The molecule has 0 aliphatic rings. The average Bonchev–Trinajstić information content (AvgIpc) is 2.13. The average molecular weight is 200 g/mol. The summed E-state index contributed by atoms with van der Waals surface area (Å²) in [6.45, 7) is 6.13. The van der Waals surface area contributed by atoms with Crippen molar-refractivity contribution in [2.24, 2.45) is 0 Å². The third kappa shape index (κ3) is 4.70. The molecule has 1 N–H and O–H groups in total. The molecular formula is C8H8O6. The molecule has 0 aromatic rings. The largest absolute Gasteiger partial charge is 0.478 e. The smallest absolute Gasteiger partial charge is 0.378 e. The molecule has 0 bridgehead atoms. The van der Waals surface area contributed by atoms with E-state index in [2.05, 4.69) is 22.9 Å². The molecule has 0 aliphatic carbocycles. The summed E-state index contributed by atoms with van der Waals surface area (Å²) in [6, 6.07) is 0. The first kappa shape index (κ1) is 11.9. The van der Waals surface area contributed by atoms with E-state index < -0.39 is 24.3 Å². The van der Waals surface area contributed by atoms with Crippen LogP contribution in [-0.4, -0.2) is 23.0 Å². The van der Waals surface area contributed by atoms with Crippen molar-refractivity contribution in [2.45, 2.75) is 6.42 Å². The Balaban J connectivity index is 3.88. The number of carbonyl (C=O) groups is 3. The summed E-state index contributed by atoms with van der Waals surface area (Å²) < 4.78 is 0. The predicted molar refractivity (Wildman–Crippen MR) is 43.8 cm³/mol. The van der Waals surface area contributed by atoms with Crippen molar-refractivity contribution in [3.63, 3.8) is 0 Å². The lowest BCUT2D eigenvalue weighted by Gasteiger charge is -2.00. The van der Waals surface area contributed by atoms with Crippen LogP contribution < -0.4 is 0 Å². The fourth-order valence-electron chi connectivity index (χ4n) is 0.401. The molecule has 0 aliphatic heterocycles. The number of aliphatic carboxylic acids is 1. The number of carboxylic acid groups (broad SMARTS) is 1. The van der Waals surface area contributed by atoms with Crippen LogP contribution in [-0.2, 0) is 24.2 Å². The highest BCUT2D eigenvalue weighted by Crippen LogP contribution is 2.00. The standard InChI is InChI=1S/C8H8O6/c1-3-6(9)13-14-7(10)4-5(2)8(11)12/h3H,1-2,4H2,(H,11,12). The monoisotopic (exact) mass is 200 g/mol. The second kappa shape index (κ2) is 5.52. The van der Waals surface area contributed by atoms with Gasteiger partial charge >= 0.3 is 17.9 Å². The van der Waals surface area contributed by atoms with Crippen LogP contribution >= 0.6 is 0 Å². The first-order chi connectivity index (χ1) is 6.47. The van der Waals surface area contributed by atoms with Crippen molar-refractivity contribution in [2.75, 3.05) is 0 Å². The summed E-state index contributed by atoms with van der Waals surface area (Å²) in [6.07, 6.45) is 0.235. The van der Waals surface area contributed by atoms with Gasteiger partial charge in [0.15, 0.2) is 0 Å². The Morgan fingerprint density at radius 1 is 1.29 bits per heavy atom. The van der Waals surface area contributed by atoms with Gasteiger partial charge in [0, 0.05) is 11.6 Å². The third-order valence-electron chi connectivity index (χ3n) is 1.04. The number of carbonyl (C=O) groups excluding carboxylic acids is 2. The van der Waals surface area contributed by atoms with Gasteiger partial charge in [-0.1, -0.05) is 13.2 Å². The molecule has 0 atom stereocenters. The summed E-state index contributed by atoms with van der Waals surface area (Å²) in [5.74, 6) is -3.29. The maximum Gasteiger partial charge on any atom is 0.378 e. The number of hydrogen-bond donors (Lipinski definition) is 1. The Labute approximate surface area is 79.3 Å². The van der Waals surface area contributed by atoms with Gasteiger partial charge in [-0.3, -0.25) is 0 Å². The van der Waals surface area contributed by atoms with E-state index in [1.807, 2.05) is 0 Å². The number of hydrogen-bond acceptors (Lipinski definition) is 5. The van der Waals surface area contributed by atoms with Crippen molar-refractivity contribution in [3.8, 4) is 0 Å². The Morgan fingerprint density at radius 2 is 1.86 bits per heavy atom. The molecular weight excluding hydrogens is 192 g/mol. The van der Waals surface area contributed by atoms with Gasteiger partial charge in [-0.25, -0.2) is 24.2 Å². The third-order valence-corrected chi connectivity index (χ3v) is 1.04. The van der Waals surface area contributed by atoms with Crippen molar-refractivity contribution >= 4 is 17.9 Å². The zero-order chi connectivity index (χ0) is 11.1. The van der Waals surface area contributed by atoms with Crippen molar-refractivity contribution in [1.82, 2.24) is 0 Å². The molecule has 0 spiro atoms. The SMILES string of the molecule is C=CC(=O)OOC(=O)CC(=C)C(=O)O. The summed E-state index contributed by atoms with van der Waals surface area (Å²) in [4.78, 5) is 39.1. The molecule has 0 unspecified atom stereocenters. The number of carboxylic acids is 1. The van der Waals surface area contributed by atoms with E-state index in [0.29, 0.717) is 0 Å². The maximum absolute atomic E-state index is 10.7. The highest BCUT2D eigenvalue weighted by Gasteiger charge is 2.13. The molecule has 14 heavy (non-hydrogen) atoms. The minimum Gasteiger partial charge on any atom is -0.478 e. The summed E-state index contributed by atoms with van der Waals surface area (Å²) in [5, 5.41) is 8.32. The molecule has 0 amide bonds. The highest BCUT2D eigenvalue weighted by molar-refractivity contribution is 5.92.